The Bertz CT molecular complexity index is 279. The fourth-order valence-corrected chi connectivity index (χ4v) is 3.40. The highest BCUT2D eigenvalue weighted by Gasteiger charge is 2.34. The summed E-state index contributed by atoms with van der Waals surface area (Å²) in [5.41, 5.74) is 5.37. The third-order valence-electron chi connectivity index (χ3n) is 2.64. The number of nitrogens with zero attached hydrogens (tertiary/aromatic N) is 2. The minimum absolute atomic E-state index is 0.391. The minimum Gasteiger partial charge on any atom is -0.329 e. The summed E-state index contributed by atoms with van der Waals surface area (Å²) < 4.78 is 26.8. The van der Waals surface area contributed by atoms with Gasteiger partial charge in [-0.3, -0.25) is 0 Å². The zero-order chi connectivity index (χ0) is 11.3. The molecule has 0 radical (unpaired) electrons. The molecule has 0 amide bonds. The van der Waals surface area contributed by atoms with E-state index in [0.717, 1.165) is 19.3 Å². The maximum absolute atomic E-state index is 11.9. The normalized spacial score (nSPS) is 22.3. The predicted octanol–water partition coefficient (Wildman–Crippen LogP) is -0.00230. The first kappa shape index (κ1) is 12.9. The highest BCUT2D eigenvalue weighted by molar-refractivity contribution is 7.87. The van der Waals surface area contributed by atoms with Crippen LogP contribution in [0.3, 0.4) is 0 Å². The molecule has 1 heterocycles. The predicted molar refractivity (Wildman–Crippen MR) is 60.6 cm³/mol. The van der Waals surface area contributed by atoms with Crippen LogP contribution in [-0.4, -0.2) is 49.8 Å². The molecule has 0 unspecified atom stereocenters. The molecule has 15 heavy (non-hydrogen) atoms. The molecule has 90 valence electrons. The van der Waals surface area contributed by atoms with E-state index in [1.807, 2.05) is 0 Å². The topological polar surface area (TPSA) is 66.6 Å². The Hall–Kier alpha value is -0.170. The van der Waals surface area contributed by atoms with Crippen LogP contribution in [0, 0.1) is 0 Å². The second-order valence-corrected chi connectivity index (χ2v) is 5.73. The Morgan fingerprint density at radius 1 is 1.13 bits per heavy atom. The van der Waals surface area contributed by atoms with Gasteiger partial charge in [0.2, 0.25) is 0 Å². The summed E-state index contributed by atoms with van der Waals surface area (Å²) >= 11 is 0. The van der Waals surface area contributed by atoms with Crippen LogP contribution in [0.4, 0.5) is 0 Å². The molecule has 2 N–H and O–H groups in total. The van der Waals surface area contributed by atoms with Crippen LogP contribution in [0.5, 0.6) is 0 Å². The van der Waals surface area contributed by atoms with E-state index in [4.69, 9.17) is 5.73 Å². The van der Waals surface area contributed by atoms with Gasteiger partial charge in [0.15, 0.2) is 0 Å². The summed E-state index contributed by atoms with van der Waals surface area (Å²) in [6.07, 6.45) is 3.15. The van der Waals surface area contributed by atoms with Gasteiger partial charge in [0, 0.05) is 32.7 Å². The summed E-state index contributed by atoms with van der Waals surface area (Å²) in [5, 5.41) is 0. The molecule has 0 atom stereocenters. The quantitative estimate of drug-likeness (QED) is 0.659. The van der Waals surface area contributed by atoms with Crippen LogP contribution in [-0.2, 0) is 10.2 Å². The van der Waals surface area contributed by atoms with Gasteiger partial charge >= 0.3 is 0 Å². The Balaban J connectivity index is 2.48. The summed E-state index contributed by atoms with van der Waals surface area (Å²) in [5.74, 6) is 0. The summed E-state index contributed by atoms with van der Waals surface area (Å²) in [7, 11) is -3.18. The molecule has 5 nitrogen and oxygen atoms in total. The number of nitrogens with two attached hydrogens (primary N) is 1. The van der Waals surface area contributed by atoms with Crippen molar-refractivity contribution in [1.29, 1.82) is 0 Å². The molecule has 0 aromatic rings. The van der Waals surface area contributed by atoms with Crippen molar-refractivity contribution in [3.8, 4) is 0 Å². The molecule has 1 saturated heterocycles. The van der Waals surface area contributed by atoms with Crippen molar-refractivity contribution in [2.45, 2.75) is 26.2 Å². The van der Waals surface area contributed by atoms with E-state index in [9.17, 15) is 8.42 Å². The van der Waals surface area contributed by atoms with Crippen LogP contribution in [0.25, 0.3) is 0 Å². The van der Waals surface area contributed by atoms with Crippen LogP contribution >= 0.6 is 0 Å². The lowest BCUT2D eigenvalue weighted by Gasteiger charge is -2.17. The Kier molecular flexibility index (Phi) is 4.98. The van der Waals surface area contributed by atoms with Gasteiger partial charge in [-0.15, -0.1) is 0 Å². The van der Waals surface area contributed by atoms with Gasteiger partial charge in [-0.2, -0.15) is 17.0 Å². The maximum atomic E-state index is 11.9. The minimum atomic E-state index is -3.18. The van der Waals surface area contributed by atoms with Gasteiger partial charge in [0.1, 0.15) is 0 Å². The largest absolute Gasteiger partial charge is 0.329 e. The fourth-order valence-electron chi connectivity index (χ4n) is 1.75. The summed E-state index contributed by atoms with van der Waals surface area (Å²) in [4.78, 5) is 0. The van der Waals surface area contributed by atoms with Gasteiger partial charge in [0.05, 0.1) is 0 Å². The van der Waals surface area contributed by atoms with Crippen molar-refractivity contribution in [3.63, 3.8) is 0 Å². The lowest BCUT2D eigenvalue weighted by Crippen LogP contribution is -2.36. The van der Waals surface area contributed by atoms with Gasteiger partial charge in [0.25, 0.3) is 10.2 Å². The van der Waals surface area contributed by atoms with Crippen molar-refractivity contribution in [2.24, 2.45) is 5.73 Å². The van der Waals surface area contributed by atoms with E-state index in [-0.39, 0.29) is 0 Å². The molecule has 0 aromatic heterocycles. The third kappa shape index (κ3) is 3.14. The van der Waals surface area contributed by atoms with Crippen LogP contribution in [0.1, 0.15) is 26.2 Å². The van der Waals surface area contributed by atoms with Crippen LogP contribution < -0.4 is 5.73 Å². The molecule has 6 heteroatoms. The Morgan fingerprint density at radius 3 is 2.27 bits per heavy atom. The monoisotopic (exact) mass is 235 g/mol. The molecule has 0 aromatic carbocycles. The fraction of sp³-hybridized carbons (Fsp3) is 1.00. The first-order chi connectivity index (χ1) is 7.12. The van der Waals surface area contributed by atoms with E-state index in [1.54, 1.807) is 4.31 Å². The van der Waals surface area contributed by atoms with Gasteiger partial charge in [-0.1, -0.05) is 19.8 Å². The molecule has 0 bridgehead atoms. The summed E-state index contributed by atoms with van der Waals surface area (Å²) in [6.45, 7) is 4.79. The van der Waals surface area contributed by atoms with Crippen molar-refractivity contribution in [2.75, 3.05) is 32.7 Å². The van der Waals surface area contributed by atoms with Gasteiger partial charge in [-0.25, -0.2) is 0 Å². The van der Waals surface area contributed by atoms with Crippen molar-refractivity contribution >= 4 is 10.2 Å². The number of hydrogen-bond donors (Lipinski definition) is 1. The van der Waals surface area contributed by atoms with Crippen LogP contribution in [0.15, 0.2) is 0 Å². The molecule has 1 aliphatic rings. The standard InChI is InChI=1S/C9H21N3O2S/c1-2-3-4-6-11-8-9-12(7-5-10)15(11,13)14/h2-10H2,1H3. The lowest BCUT2D eigenvalue weighted by atomic mass is 10.2. The summed E-state index contributed by atoms with van der Waals surface area (Å²) in [6, 6.07) is 0. The zero-order valence-electron chi connectivity index (χ0n) is 9.35. The van der Waals surface area contributed by atoms with Crippen molar-refractivity contribution in [1.82, 2.24) is 8.61 Å². The first-order valence-electron chi connectivity index (χ1n) is 5.58. The van der Waals surface area contributed by atoms with E-state index >= 15 is 0 Å². The first-order valence-corrected chi connectivity index (χ1v) is 6.98. The number of unbranched alkanes of at least 4 members (excludes halogenated alkanes) is 2. The number of hydrogen-bond acceptors (Lipinski definition) is 3. The Morgan fingerprint density at radius 2 is 1.73 bits per heavy atom. The molecule has 1 aliphatic heterocycles. The van der Waals surface area contributed by atoms with E-state index in [1.165, 1.54) is 4.31 Å². The second-order valence-electron chi connectivity index (χ2n) is 3.80. The molecular weight excluding hydrogens is 214 g/mol. The molecular formula is C9H21N3O2S. The van der Waals surface area contributed by atoms with Crippen molar-refractivity contribution < 1.29 is 8.42 Å². The SMILES string of the molecule is CCCCCN1CCN(CCN)S1(=O)=O. The second kappa shape index (κ2) is 5.79. The zero-order valence-corrected chi connectivity index (χ0v) is 10.2. The Labute approximate surface area is 92.4 Å². The highest BCUT2D eigenvalue weighted by Crippen LogP contribution is 2.16. The smallest absolute Gasteiger partial charge is 0.282 e. The average molecular weight is 235 g/mol. The van der Waals surface area contributed by atoms with Gasteiger partial charge < -0.3 is 5.73 Å². The van der Waals surface area contributed by atoms with E-state index in [0.29, 0.717) is 32.7 Å². The molecule has 1 rings (SSSR count). The molecule has 0 aliphatic carbocycles. The van der Waals surface area contributed by atoms with Crippen LogP contribution in [0.2, 0.25) is 0 Å². The van der Waals surface area contributed by atoms with Gasteiger partial charge in [-0.05, 0) is 6.42 Å². The molecule has 0 saturated carbocycles. The van der Waals surface area contributed by atoms with E-state index < -0.39 is 10.2 Å². The lowest BCUT2D eigenvalue weighted by molar-refractivity contribution is 0.432. The van der Waals surface area contributed by atoms with E-state index in [2.05, 4.69) is 6.92 Å². The molecule has 1 fully saturated rings. The molecule has 0 spiro atoms. The maximum Gasteiger partial charge on any atom is 0.282 e. The average Bonchev–Trinajstić information content (AvgIpc) is 2.46. The third-order valence-corrected chi connectivity index (χ3v) is 4.68. The van der Waals surface area contributed by atoms with Crippen molar-refractivity contribution in [3.05, 3.63) is 0 Å². The highest BCUT2D eigenvalue weighted by atomic mass is 32.2. The number of rotatable bonds is 6.